The Morgan fingerprint density at radius 2 is 1.96 bits per heavy atom. The molecular weight excluding hydrogens is 400 g/mol. The summed E-state index contributed by atoms with van der Waals surface area (Å²) in [5, 5.41) is 14.0. The Hall–Kier alpha value is -2.51. The molecule has 3 rings (SSSR count). The van der Waals surface area contributed by atoms with Gasteiger partial charge in [-0.2, -0.15) is 0 Å². The molecule has 0 saturated carbocycles. The van der Waals surface area contributed by atoms with E-state index >= 15 is 0 Å². The van der Waals surface area contributed by atoms with Crippen molar-refractivity contribution in [3.05, 3.63) is 50.6 Å². The number of rotatable bonds is 4. The second-order valence-electron chi connectivity index (χ2n) is 7.28. The number of fused-ring (bicyclic) bond motifs is 1. The summed E-state index contributed by atoms with van der Waals surface area (Å²) in [4.78, 5) is 27.6. The van der Waals surface area contributed by atoms with Crippen LogP contribution in [0.25, 0.3) is 21.3 Å². The first-order chi connectivity index (χ1) is 13.2. The highest BCUT2D eigenvalue weighted by Crippen LogP contribution is 2.41. The number of carbonyl (C=O) groups is 1. The predicted octanol–water partition coefficient (Wildman–Crippen LogP) is 4.68. The van der Waals surface area contributed by atoms with E-state index in [0.29, 0.717) is 32.1 Å². The fourth-order valence-electron chi connectivity index (χ4n) is 2.87. The number of aromatic hydroxyl groups is 1. The fourth-order valence-corrected chi connectivity index (χ4v) is 4.27. The Labute approximate surface area is 171 Å². The number of hydrogen-bond donors (Lipinski definition) is 3. The minimum Gasteiger partial charge on any atom is -0.506 e. The molecule has 3 N–H and O–H groups in total. The average Bonchev–Trinajstić information content (AvgIpc) is 2.90. The largest absolute Gasteiger partial charge is 0.506 e. The van der Waals surface area contributed by atoms with E-state index in [-0.39, 0.29) is 23.4 Å². The van der Waals surface area contributed by atoms with Gasteiger partial charge in [-0.05, 0) is 38.3 Å². The van der Waals surface area contributed by atoms with Gasteiger partial charge in [0.05, 0.1) is 15.3 Å². The summed E-state index contributed by atoms with van der Waals surface area (Å²) in [5.74, 6) is -0.111. The molecule has 8 heteroatoms. The third-order valence-corrected chi connectivity index (χ3v) is 5.39. The van der Waals surface area contributed by atoms with Crippen LogP contribution in [0.15, 0.2) is 35.1 Å². The van der Waals surface area contributed by atoms with Crippen molar-refractivity contribution in [3.8, 4) is 16.9 Å². The van der Waals surface area contributed by atoms with E-state index in [0.717, 1.165) is 0 Å². The van der Waals surface area contributed by atoms with Crippen LogP contribution >= 0.6 is 22.9 Å². The van der Waals surface area contributed by atoms with E-state index in [1.165, 1.54) is 11.3 Å². The summed E-state index contributed by atoms with van der Waals surface area (Å²) in [6.45, 7) is 5.64. The van der Waals surface area contributed by atoms with Crippen LogP contribution in [0.5, 0.6) is 5.75 Å². The molecule has 28 heavy (non-hydrogen) atoms. The first-order valence-electron chi connectivity index (χ1n) is 8.76. The molecule has 0 aliphatic rings. The number of amides is 1. The van der Waals surface area contributed by atoms with E-state index in [2.05, 4.69) is 10.3 Å². The number of aromatic nitrogens is 1. The Kier molecular flexibility index (Phi) is 5.67. The number of benzene rings is 1. The van der Waals surface area contributed by atoms with Gasteiger partial charge >= 0.3 is 6.09 Å². The van der Waals surface area contributed by atoms with Gasteiger partial charge in [0.1, 0.15) is 16.2 Å². The quantitative estimate of drug-likeness (QED) is 0.571. The topological polar surface area (TPSA) is 91.4 Å². The van der Waals surface area contributed by atoms with Gasteiger partial charge in [-0.3, -0.25) is 4.79 Å². The predicted molar refractivity (Wildman–Crippen MR) is 112 cm³/mol. The van der Waals surface area contributed by atoms with Crippen molar-refractivity contribution >= 4 is 39.2 Å². The number of carbonyl (C=O) groups excluding carboxylic acids is 1. The number of ether oxygens (including phenoxy) is 1. The number of hydrogen-bond acceptors (Lipinski definition) is 5. The van der Waals surface area contributed by atoms with Crippen LogP contribution in [0.4, 0.5) is 4.79 Å². The van der Waals surface area contributed by atoms with E-state index in [9.17, 15) is 14.7 Å². The third-order valence-electron chi connectivity index (χ3n) is 3.99. The van der Waals surface area contributed by atoms with Crippen LogP contribution in [0.3, 0.4) is 0 Å². The summed E-state index contributed by atoms with van der Waals surface area (Å²) < 4.78 is 5.67. The maximum Gasteiger partial charge on any atom is 0.407 e. The van der Waals surface area contributed by atoms with Crippen LogP contribution in [0, 0.1) is 0 Å². The van der Waals surface area contributed by atoms with Crippen LogP contribution in [-0.2, 0) is 11.2 Å². The molecule has 3 aromatic rings. The third kappa shape index (κ3) is 4.31. The van der Waals surface area contributed by atoms with Gasteiger partial charge in [0, 0.05) is 6.54 Å². The molecule has 0 bridgehead atoms. The number of aromatic amines is 1. The number of alkyl carbamates (subject to hydrolysis) is 1. The zero-order valence-electron chi connectivity index (χ0n) is 15.8. The van der Waals surface area contributed by atoms with Gasteiger partial charge in [0.25, 0.3) is 5.56 Å². The molecule has 148 valence electrons. The van der Waals surface area contributed by atoms with Crippen LogP contribution in [0.1, 0.15) is 26.3 Å². The molecule has 0 unspecified atom stereocenters. The molecule has 0 aliphatic heterocycles. The van der Waals surface area contributed by atoms with Gasteiger partial charge in [0.15, 0.2) is 0 Å². The summed E-state index contributed by atoms with van der Waals surface area (Å²) in [7, 11) is 0. The normalized spacial score (nSPS) is 11.6. The highest BCUT2D eigenvalue weighted by Gasteiger charge is 2.21. The van der Waals surface area contributed by atoms with Crippen molar-refractivity contribution in [2.24, 2.45) is 0 Å². The maximum atomic E-state index is 12.5. The van der Waals surface area contributed by atoms with Gasteiger partial charge < -0.3 is 20.1 Å². The zero-order valence-corrected chi connectivity index (χ0v) is 17.3. The summed E-state index contributed by atoms with van der Waals surface area (Å²) in [6.07, 6.45) is -0.142. The Balaban J connectivity index is 1.92. The lowest BCUT2D eigenvalue weighted by atomic mass is 10.0. The number of nitrogens with one attached hydrogen (secondary N) is 2. The Bertz CT molecular complexity index is 1070. The first-order valence-corrected chi connectivity index (χ1v) is 9.95. The Morgan fingerprint density at radius 3 is 2.61 bits per heavy atom. The molecule has 2 heterocycles. The molecule has 1 amide bonds. The minimum atomic E-state index is -0.584. The molecular formula is C20H21ClN2O4S. The molecule has 0 fully saturated rings. The minimum absolute atomic E-state index is 0.111. The number of pyridine rings is 1. The molecule has 0 spiro atoms. The van der Waals surface area contributed by atoms with Crippen molar-refractivity contribution in [2.75, 3.05) is 6.54 Å². The summed E-state index contributed by atoms with van der Waals surface area (Å²) in [6, 6.07) is 8.94. The SMILES string of the molecule is CC(C)(C)OC(=O)NCCc1c(Cl)sc2[nH]c(=O)c(-c3ccccc3)c(O)c12. The van der Waals surface area contributed by atoms with Crippen molar-refractivity contribution in [3.63, 3.8) is 0 Å². The monoisotopic (exact) mass is 420 g/mol. The molecule has 0 atom stereocenters. The Morgan fingerprint density at radius 1 is 1.29 bits per heavy atom. The van der Waals surface area contributed by atoms with Crippen molar-refractivity contribution in [2.45, 2.75) is 32.8 Å². The molecule has 0 radical (unpaired) electrons. The average molecular weight is 421 g/mol. The van der Waals surface area contributed by atoms with Crippen molar-refractivity contribution in [1.29, 1.82) is 0 Å². The second-order valence-corrected chi connectivity index (χ2v) is 8.90. The van der Waals surface area contributed by atoms with E-state index in [4.69, 9.17) is 16.3 Å². The number of H-pyrrole nitrogens is 1. The van der Waals surface area contributed by atoms with E-state index in [1.54, 1.807) is 45.0 Å². The standard InChI is InChI=1S/C20H21ClN2O4S/c1-20(2,3)27-19(26)22-10-9-12-14-15(24)13(11-7-5-4-6-8-11)17(25)23-18(14)28-16(12)21/h4-8H,9-10H2,1-3H3,(H,22,26)(H2,23,24,25). The fraction of sp³-hybridized carbons (Fsp3) is 0.300. The maximum absolute atomic E-state index is 12.5. The summed E-state index contributed by atoms with van der Waals surface area (Å²) >= 11 is 7.54. The second kappa shape index (κ2) is 7.85. The van der Waals surface area contributed by atoms with Gasteiger partial charge in [-0.1, -0.05) is 41.9 Å². The molecule has 1 aromatic carbocycles. The highest BCUT2D eigenvalue weighted by molar-refractivity contribution is 7.22. The molecule has 6 nitrogen and oxygen atoms in total. The lowest BCUT2D eigenvalue weighted by Gasteiger charge is -2.19. The van der Waals surface area contributed by atoms with Crippen molar-refractivity contribution < 1.29 is 14.6 Å². The van der Waals surface area contributed by atoms with Crippen LogP contribution < -0.4 is 10.9 Å². The van der Waals surface area contributed by atoms with Gasteiger partial charge in [-0.25, -0.2) is 4.79 Å². The molecule has 2 aromatic heterocycles. The lowest BCUT2D eigenvalue weighted by molar-refractivity contribution is 0.0528. The number of thiophene rings is 1. The van der Waals surface area contributed by atoms with Gasteiger partial charge in [-0.15, -0.1) is 11.3 Å². The van der Waals surface area contributed by atoms with Crippen molar-refractivity contribution in [1.82, 2.24) is 10.3 Å². The van der Waals surface area contributed by atoms with E-state index in [1.807, 2.05) is 6.07 Å². The number of halogens is 1. The van der Waals surface area contributed by atoms with Crippen LogP contribution in [0.2, 0.25) is 4.34 Å². The van der Waals surface area contributed by atoms with Crippen LogP contribution in [-0.4, -0.2) is 28.3 Å². The lowest BCUT2D eigenvalue weighted by Crippen LogP contribution is -2.33. The molecule has 0 aliphatic carbocycles. The van der Waals surface area contributed by atoms with E-state index < -0.39 is 11.7 Å². The summed E-state index contributed by atoms with van der Waals surface area (Å²) in [5.41, 5.74) is 0.516. The smallest absolute Gasteiger partial charge is 0.407 e. The molecule has 0 saturated heterocycles. The highest BCUT2D eigenvalue weighted by atomic mass is 35.5. The van der Waals surface area contributed by atoms with Gasteiger partial charge in [0.2, 0.25) is 0 Å². The zero-order chi connectivity index (χ0) is 20.5. The first kappa shape index (κ1) is 20.2.